The molecule has 4 aliphatic carbocycles. The molecule has 2 unspecified atom stereocenters. The van der Waals surface area contributed by atoms with Crippen LogP contribution >= 0.6 is 0 Å². The highest BCUT2D eigenvalue weighted by Crippen LogP contribution is 2.75. The van der Waals surface area contributed by atoms with Gasteiger partial charge >= 0.3 is 11.9 Å². The molecule has 5 aliphatic rings. The van der Waals surface area contributed by atoms with Gasteiger partial charge in [-0.05, 0) is 60.5 Å². The number of carbonyl (C=O) groups is 3. The normalized spacial score (nSPS) is 45.8. The lowest BCUT2D eigenvalue weighted by molar-refractivity contribution is -0.149. The van der Waals surface area contributed by atoms with Gasteiger partial charge in [0.25, 0.3) is 0 Å². The number of allylic oxidation sites excluding steroid dienone is 3. The summed E-state index contributed by atoms with van der Waals surface area (Å²) in [5.41, 5.74) is 0.805. The van der Waals surface area contributed by atoms with E-state index in [0.717, 1.165) is 37.9 Å². The summed E-state index contributed by atoms with van der Waals surface area (Å²) in [6.45, 7) is 9.43. The van der Waals surface area contributed by atoms with E-state index in [1.54, 1.807) is 0 Å². The minimum atomic E-state index is -0.407. The number of hydrogen-bond donors (Lipinski definition) is 0. The number of hydrogen-bond acceptors (Lipinski definition) is 6. The van der Waals surface area contributed by atoms with E-state index in [1.165, 1.54) is 19.4 Å². The second-order valence-electron chi connectivity index (χ2n) is 11.2. The van der Waals surface area contributed by atoms with Crippen molar-refractivity contribution in [1.29, 1.82) is 0 Å². The molecule has 0 aromatic heterocycles. The Hall–Kier alpha value is -1.95. The zero-order valence-corrected chi connectivity index (χ0v) is 19.7. The van der Waals surface area contributed by atoms with Gasteiger partial charge in [-0.2, -0.15) is 0 Å². The van der Waals surface area contributed by atoms with E-state index >= 15 is 0 Å². The molecule has 0 amide bonds. The summed E-state index contributed by atoms with van der Waals surface area (Å²) < 4.78 is 17.1. The minimum Gasteiger partial charge on any atom is -0.458 e. The molecule has 174 valence electrons. The lowest BCUT2D eigenvalue weighted by Gasteiger charge is -2.54. The van der Waals surface area contributed by atoms with Crippen molar-refractivity contribution in [3.05, 3.63) is 23.5 Å². The summed E-state index contributed by atoms with van der Waals surface area (Å²) in [4.78, 5) is 35.9. The Morgan fingerprint density at radius 3 is 2.59 bits per heavy atom. The van der Waals surface area contributed by atoms with Gasteiger partial charge in [0, 0.05) is 31.6 Å². The van der Waals surface area contributed by atoms with Gasteiger partial charge in [-0.15, -0.1) is 0 Å². The molecule has 3 fully saturated rings. The number of esters is 2. The fourth-order valence-corrected chi connectivity index (χ4v) is 8.34. The molecule has 0 N–H and O–H groups in total. The van der Waals surface area contributed by atoms with E-state index in [4.69, 9.17) is 14.2 Å². The summed E-state index contributed by atoms with van der Waals surface area (Å²) in [7, 11) is 0. The van der Waals surface area contributed by atoms with Gasteiger partial charge in [-0.25, -0.2) is 0 Å². The minimum absolute atomic E-state index is 0.0516. The maximum absolute atomic E-state index is 13.1. The standard InChI is InChI=1S/C26H34O6/c1-14-10-20-19-7-6-17-11-18(31-16(3)28)8-9-25(17,5)26(19)22(32-26)12-24(20,4)23(14)21(29)13-30-15(2)27/h6,11,14,19-20,22-23H,7-10,12-13H2,1-5H3/t14?,19-,20-,22?,23+,24-,25-,26-/m0/s1. The van der Waals surface area contributed by atoms with Crippen molar-refractivity contribution in [2.75, 3.05) is 6.61 Å². The molecule has 1 aliphatic heterocycles. The molecule has 1 spiro atoms. The topological polar surface area (TPSA) is 82.2 Å². The van der Waals surface area contributed by atoms with Crippen LogP contribution < -0.4 is 0 Å². The van der Waals surface area contributed by atoms with E-state index in [1.807, 2.05) is 0 Å². The van der Waals surface area contributed by atoms with Crippen LogP contribution in [0.1, 0.15) is 66.7 Å². The summed E-state index contributed by atoms with van der Waals surface area (Å²) >= 11 is 0. The van der Waals surface area contributed by atoms with Gasteiger partial charge in [0.2, 0.25) is 0 Å². The van der Waals surface area contributed by atoms with Crippen molar-refractivity contribution in [1.82, 2.24) is 0 Å². The van der Waals surface area contributed by atoms with E-state index in [9.17, 15) is 14.4 Å². The second-order valence-corrected chi connectivity index (χ2v) is 11.2. The van der Waals surface area contributed by atoms with Crippen LogP contribution in [0.4, 0.5) is 0 Å². The van der Waals surface area contributed by atoms with Crippen molar-refractivity contribution >= 4 is 17.7 Å². The van der Waals surface area contributed by atoms with Gasteiger partial charge in [0.05, 0.1) is 6.10 Å². The highest BCUT2D eigenvalue weighted by molar-refractivity contribution is 5.85. The molecule has 6 heteroatoms. The first-order valence-electron chi connectivity index (χ1n) is 12.0. The fraction of sp³-hybridized carbons (Fsp3) is 0.731. The lowest BCUT2D eigenvalue weighted by atomic mass is 9.47. The number of rotatable bonds is 4. The van der Waals surface area contributed by atoms with Crippen molar-refractivity contribution < 1.29 is 28.6 Å². The lowest BCUT2D eigenvalue weighted by Crippen LogP contribution is -2.56. The van der Waals surface area contributed by atoms with Crippen molar-refractivity contribution in [3.8, 4) is 0 Å². The molecule has 0 aromatic rings. The summed E-state index contributed by atoms with van der Waals surface area (Å²) in [6.07, 6.45) is 8.95. The van der Waals surface area contributed by atoms with Gasteiger partial charge in [-0.3, -0.25) is 14.4 Å². The molecule has 1 saturated heterocycles. The molecule has 6 nitrogen and oxygen atoms in total. The van der Waals surface area contributed by atoms with Crippen molar-refractivity contribution in [2.24, 2.45) is 34.5 Å². The second kappa shape index (κ2) is 7.02. The van der Waals surface area contributed by atoms with Crippen molar-refractivity contribution in [2.45, 2.75) is 78.4 Å². The van der Waals surface area contributed by atoms with Crippen molar-refractivity contribution in [3.63, 3.8) is 0 Å². The van der Waals surface area contributed by atoms with Crippen LogP contribution in [0.15, 0.2) is 23.5 Å². The van der Waals surface area contributed by atoms with E-state index < -0.39 is 5.97 Å². The van der Waals surface area contributed by atoms with Crippen LogP contribution in [0.25, 0.3) is 0 Å². The molecule has 1 heterocycles. The first kappa shape index (κ1) is 21.9. The molecular weight excluding hydrogens is 408 g/mol. The number of epoxide rings is 1. The van der Waals surface area contributed by atoms with Crippen LogP contribution in [0.2, 0.25) is 0 Å². The number of fused-ring (bicyclic) bond motifs is 3. The quantitative estimate of drug-likeness (QED) is 0.481. The number of ether oxygens (including phenoxy) is 3. The molecule has 32 heavy (non-hydrogen) atoms. The van der Waals surface area contributed by atoms with Crippen LogP contribution in [0.5, 0.6) is 0 Å². The first-order chi connectivity index (χ1) is 15.0. The smallest absolute Gasteiger partial charge is 0.307 e. The Labute approximate surface area is 189 Å². The predicted octanol–water partition coefficient (Wildman–Crippen LogP) is 4.13. The SMILES string of the molecule is CC(=O)OCC(=O)[C@H]1C(C)C[C@H]2[C@@H]3CC=C4C=C(OC(C)=O)CC[C@]4(C)[C@]34OC4C[C@]12C. The molecule has 0 aromatic carbocycles. The average Bonchev–Trinajstić information content (AvgIpc) is 3.34. The van der Waals surface area contributed by atoms with Crippen LogP contribution in [-0.4, -0.2) is 36.0 Å². The monoisotopic (exact) mass is 442 g/mol. The molecule has 8 atom stereocenters. The zero-order valence-electron chi connectivity index (χ0n) is 19.7. The van der Waals surface area contributed by atoms with E-state index in [0.29, 0.717) is 11.8 Å². The predicted molar refractivity (Wildman–Crippen MR) is 116 cm³/mol. The van der Waals surface area contributed by atoms with Gasteiger partial charge in [0.15, 0.2) is 5.78 Å². The summed E-state index contributed by atoms with van der Waals surface area (Å²) in [5.74, 6) is 1.06. The average molecular weight is 443 g/mol. The first-order valence-corrected chi connectivity index (χ1v) is 12.0. The largest absolute Gasteiger partial charge is 0.458 e. The molecule has 0 bridgehead atoms. The molecule has 5 rings (SSSR count). The third kappa shape index (κ3) is 2.84. The Bertz CT molecular complexity index is 948. The maximum atomic E-state index is 13.1. The Balaban J connectivity index is 1.46. The zero-order chi connectivity index (χ0) is 23.1. The third-order valence-corrected chi connectivity index (χ3v) is 9.49. The molecular formula is C26H34O6. The highest BCUT2D eigenvalue weighted by atomic mass is 16.6. The fourth-order valence-electron chi connectivity index (χ4n) is 8.34. The number of carbonyl (C=O) groups excluding carboxylic acids is 3. The van der Waals surface area contributed by atoms with E-state index in [-0.39, 0.29) is 52.7 Å². The van der Waals surface area contributed by atoms with Crippen LogP contribution in [0, 0.1) is 34.5 Å². The molecule has 0 radical (unpaired) electrons. The Morgan fingerprint density at radius 1 is 1.16 bits per heavy atom. The Kier molecular flexibility index (Phi) is 4.80. The third-order valence-electron chi connectivity index (χ3n) is 9.49. The maximum Gasteiger partial charge on any atom is 0.307 e. The van der Waals surface area contributed by atoms with Gasteiger partial charge in [0.1, 0.15) is 18.0 Å². The van der Waals surface area contributed by atoms with Gasteiger partial charge < -0.3 is 14.2 Å². The Morgan fingerprint density at radius 2 is 1.91 bits per heavy atom. The van der Waals surface area contributed by atoms with Crippen LogP contribution in [0.3, 0.4) is 0 Å². The number of ketones is 1. The van der Waals surface area contributed by atoms with Crippen LogP contribution in [-0.2, 0) is 28.6 Å². The highest BCUT2D eigenvalue weighted by Gasteiger charge is 2.79. The summed E-state index contributed by atoms with van der Waals surface area (Å²) in [5, 5.41) is 0. The summed E-state index contributed by atoms with van der Waals surface area (Å²) in [6, 6.07) is 0. The number of Topliss-reactive ketones (excluding diaryl/α,β-unsaturated/α-hetero) is 1. The van der Waals surface area contributed by atoms with E-state index in [2.05, 4.69) is 32.9 Å². The van der Waals surface area contributed by atoms with Gasteiger partial charge in [-0.1, -0.05) is 26.8 Å². The molecule has 2 saturated carbocycles.